The summed E-state index contributed by atoms with van der Waals surface area (Å²) >= 11 is 0. The van der Waals surface area contributed by atoms with E-state index in [0.717, 1.165) is 13.1 Å². The lowest BCUT2D eigenvalue weighted by Gasteiger charge is -2.38. The van der Waals surface area contributed by atoms with Crippen LogP contribution in [0.3, 0.4) is 0 Å². The normalized spacial score (nSPS) is 21.0. The highest BCUT2D eigenvalue weighted by molar-refractivity contribution is 6.02. The van der Waals surface area contributed by atoms with Crippen LogP contribution in [0, 0.1) is 17.7 Å². The van der Waals surface area contributed by atoms with Gasteiger partial charge in [0.15, 0.2) is 0 Å². The van der Waals surface area contributed by atoms with Crippen molar-refractivity contribution in [3.05, 3.63) is 53.8 Å². The number of rotatable bonds is 8. The molecule has 0 saturated heterocycles. The number of hydrogen-bond acceptors (Lipinski definition) is 5. The van der Waals surface area contributed by atoms with Gasteiger partial charge in [-0.15, -0.1) is 0 Å². The lowest BCUT2D eigenvalue weighted by molar-refractivity contribution is 0.0330. The van der Waals surface area contributed by atoms with Crippen molar-refractivity contribution in [1.82, 2.24) is 9.80 Å². The van der Waals surface area contributed by atoms with Crippen LogP contribution >= 0.6 is 0 Å². The lowest BCUT2D eigenvalue weighted by atomic mass is 9.89. The van der Waals surface area contributed by atoms with E-state index >= 15 is 0 Å². The molecule has 1 aliphatic carbocycles. The Bertz CT molecular complexity index is 1120. The third-order valence-corrected chi connectivity index (χ3v) is 7.81. The number of ether oxygens (including phenoxy) is 1. The molecule has 1 aliphatic heterocycles. The third kappa shape index (κ3) is 7.70. The predicted octanol–water partition coefficient (Wildman–Crippen LogP) is 5.20. The maximum Gasteiger partial charge on any atom is 0.323 e. The third-order valence-electron chi connectivity index (χ3n) is 7.81. The summed E-state index contributed by atoms with van der Waals surface area (Å²) in [6, 6.07) is 9.59. The maximum absolute atomic E-state index is 13.6. The van der Waals surface area contributed by atoms with Gasteiger partial charge in [0.05, 0.1) is 18.2 Å². The van der Waals surface area contributed by atoms with E-state index in [1.165, 1.54) is 56.4 Å². The van der Waals surface area contributed by atoms with Crippen LogP contribution in [0.15, 0.2) is 42.5 Å². The number of halogens is 1. The van der Waals surface area contributed by atoms with Gasteiger partial charge >= 0.3 is 6.03 Å². The molecule has 0 radical (unpaired) electrons. The van der Waals surface area contributed by atoms with Gasteiger partial charge in [-0.1, -0.05) is 26.2 Å². The zero-order valence-electron chi connectivity index (χ0n) is 23.2. The lowest BCUT2D eigenvalue weighted by Crippen LogP contribution is -2.50. The number of carbonyl (C=O) groups is 2. The molecule has 212 valence electrons. The molecular weight excluding hydrogens is 499 g/mol. The minimum atomic E-state index is -0.516. The Kier molecular flexibility index (Phi) is 9.80. The van der Waals surface area contributed by atoms with Crippen molar-refractivity contribution in [2.24, 2.45) is 11.8 Å². The first-order valence-electron chi connectivity index (χ1n) is 14.0. The second-order valence-corrected chi connectivity index (χ2v) is 11.1. The second kappa shape index (κ2) is 13.3. The molecule has 1 heterocycles. The Morgan fingerprint density at radius 3 is 2.46 bits per heavy atom. The van der Waals surface area contributed by atoms with Gasteiger partial charge in [0, 0.05) is 36.9 Å². The highest BCUT2D eigenvalue weighted by Crippen LogP contribution is 2.31. The Hall–Kier alpha value is -3.17. The monoisotopic (exact) mass is 540 g/mol. The number of nitrogens with one attached hydrogen (secondary N) is 2. The number of nitrogens with zero attached hydrogens (tertiary/aromatic N) is 2. The molecule has 0 aromatic heterocycles. The fourth-order valence-corrected chi connectivity index (χ4v) is 5.54. The van der Waals surface area contributed by atoms with Gasteiger partial charge in [-0.05, 0) is 75.2 Å². The van der Waals surface area contributed by atoms with Crippen LogP contribution in [0.4, 0.5) is 20.6 Å². The molecular formula is C30H41FN4O4. The number of fused-ring (bicyclic) bond motifs is 1. The number of benzene rings is 2. The zero-order valence-corrected chi connectivity index (χ0v) is 23.2. The molecule has 39 heavy (non-hydrogen) atoms. The fraction of sp³-hybridized carbons (Fsp3) is 0.533. The molecule has 0 bridgehead atoms. The molecule has 9 heteroatoms. The Labute approximate surface area is 230 Å². The van der Waals surface area contributed by atoms with Crippen molar-refractivity contribution in [2.75, 3.05) is 43.9 Å². The molecule has 0 unspecified atom stereocenters. The van der Waals surface area contributed by atoms with Gasteiger partial charge in [-0.2, -0.15) is 0 Å². The number of urea groups is 1. The summed E-state index contributed by atoms with van der Waals surface area (Å²) in [6.07, 6.45) is 6.33. The molecule has 3 amide bonds. The summed E-state index contributed by atoms with van der Waals surface area (Å²) in [4.78, 5) is 30.2. The first kappa shape index (κ1) is 28.8. The average Bonchev–Trinajstić information content (AvgIpc) is 2.92. The van der Waals surface area contributed by atoms with Crippen molar-refractivity contribution in [3.8, 4) is 5.75 Å². The van der Waals surface area contributed by atoms with E-state index in [4.69, 9.17) is 4.74 Å². The summed E-state index contributed by atoms with van der Waals surface area (Å²) in [5.74, 6) is 0.569. The van der Waals surface area contributed by atoms with E-state index < -0.39 is 11.8 Å². The quantitative estimate of drug-likeness (QED) is 0.428. The number of carbonyl (C=O) groups excluding carboxylic acids is 2. The van der Waals surface area contributed by atoms with Gasteiger partial charge in [0.25, 0.3) is 5.91 Å². The van der Waals surface area contributed by atoms with Crippen LogP contribution in [0.5, 0.6) is 5.75 Å². The van der Waals surface area contributed by atoms with Crippen molar-refractivity contribution in [1.29, 1.82) is 0 Å². The molecule has 2 aromatic rings. The van der Waals surface area contributed by atoms with Crippen LogP contribution in [0.25, 0.3) is 0 Å². The van der Waals surface area contributed by atoms with Gasteiger partial charge in [0.1, 0.15) is 17.7 Å². The number of aliphatic hydroxyl groups excluding tert-OH is 1. The summed E-state index contributed by atoms with van der Waals surface area (Å²) in [7, 11) is 2.14. The first-order chi connectivity index (χ1) is 18.7. The molecule has 4 rings (SSSR count). The summed E-state index contributed by atoms with van der Waals surface area (Å²) in [5, 5.41) is 15.3. The van der Waals surface area contributed by atoms with Gasteiger partial charge in [0.2, 0.25) is 0 Å². The van der Waals surface area contributed by atoms with E-state index in [9.17, 15) is 19.1 Å². The molecule has 1 fully saturated rings. The van der Waals surface area contributed by atoms with Crippen LogP contribution in [0.1, 0.15) is 56.3 Å². The number of anilines is 2. The number of aliphatic hydroxyl groups is 1. The van der Waals surface area contributed by atoms with Gasteiger partial charge in [-0.3, -0.25) is 4.79 Å². The Morgan fingerprint density at radius 2 is 1.77 bits per heavy atom. The van der Waals surface area contributed by atoms with Crippen molar-refractivity contribution in [3.63, 3.8) is 0 Å². The SMILES string of the molecule is C[C@@H]1CN([C@@H](C)CO)C(=O)c2cc(NC(=O)Nc3ccc(F)cc3)ccc2O[C@H]1CN(C)CC1CCCCC1. The fourth-order valence-electron chi connectivity index (χ4n) is 5.54. The highest BCUT2D eigenvalue weighted by Gasteiger charge is 2.34. The minimum Gasteiger partial charge on any atom is -0.488 e. The number of hydrogen-bond donors (Lipinski definition) is 3. The van der Waals surface area contributed by atoms with Crippen molar-refractivity contribution < 1.29 is 23.8 Å². The minimum absolute atomic E-state index is 0.0456. The van der Waals surface area contributed by atoms with Gasteiger partial charge < -0.3 is 30.3 Å². The topological polar surface area (TPSA) is 94.1 Å². The van der Waals surface area contributed by atoms with Crippen LogP contribution in [0.2, 0.25) is 0 Å². The van der Waals surface area contributed by atoms with Crippen LogP contribution in [-0.4, -0.2) is 72.3 Å². The van der Waals surface area contributed by atoms with E-state index in [2.05, 4.69) is 29.5 Å². The average molecular weight is 541 g/mol. The second-order valence-electron chi connectivity index (χ2n) is 11.1. The molecule has 1 saturated carbocycles. The van der Waals surface area contributed by atoms with E-state index in [-0.39, 0.29) is 30.6 Å². The molecule has 2 aromatic carbocycles. The largest absolute Gasteiger partial charge is 0.488 e. The summed E-state index contributed by atoms with van der Waals surface area (Å²) in [6.45, 7) is 5.97. The molecule has 8 nitrogen and oxygen atoms in total. The predicted molar refractivity (Wildman–Crippen MR) is 151 cm³/mol. The van der Waals surface area contributed by atoms with E-state index in [1.807, 2.05) is 6.92 Å². The van der Waals surface area contributed by atoms with Crippen LogP contribution in [-0.2, 0) is 0 Å². The smallest absolute Gasteiger partial charge is 0.323 e. The zero-order chi connectivity index (χ0) is 27.9. The first-order valence-corrected chi connectivity index (χ1v) is 14.0. The van der Waals surface area contributed by atoms with Crippen LogP contribution < -0.4 is 15.4 Å². The molecule has 0 spiro atoms. The maximum atomic E-state index is 13.6. The van der Waals surface area contributed by atoms with Crippen molar-refractivity contribution >= 4 is 23.3 Å². The van der Waals surface area contributed by atoms with Crippen molar-refractivity contribution in [2.45, 2.75) is 58.1 Å². The van der Waals surface area contributed by atoms with E-state index in [1.54, 1.807) is 23.1 Å². The molecule has 3 atom stereocenters. The Balaban J connectivity index is 1.53. The Morgan fingerprint density at radius 1 is 1.10 bits per heavy atom. The van der Waals surface area contributed by atoms with Gasteiger partial charge in [-0.25, -0.2) is 9.18 Å². The highest BCUT2D eigenvalue weighted by atomic mass is 19.1. The molecule has 2 aliphatic rings. The summed E-state index contributed by atoms with van der Waals surface area (Å²) in [5.41, 5.74) is 1.19. The number of likely N-dealkylation sites (N-methyl/N-ethyl adjacent to an activating group) is 1. The van der Waals surface area contributed by atoms with E-state index in [0.29, 0.717) is 35.2 Å². The summed E-state index contributed by atoms with van der Waals surface area (Å²) < 4.78 is 19.7. The number of amides is 3. The standard InChI is InChI=1S/C30H41FN4O4/c1-20-16-35(21(2)19-36)29(37)26-15-25(33-30(38)32-24-11-9-23(31)10-12-24)13-14-27(26)39-28(20)18-34(3)17-22-7-5-4-6-8-22/h9-15,20-22,28,36H,4-8,16-19H2,1-3H3,(H2,32,33,38)/t20-,21+,28+/m1/s1. The molecule has 3 N–H and O–H groups in total.